The Morgan fingerprint density at radius 1 is 0.963 bits per heavy atom. The van der Waals surface area contributed by atoms with Crippen LogP contribution in [0, 0.1) is 0 Å². The monoisotopic (exact) mass is 487 g/mol. The largest absolute Gasteiger partial charge is 0.356 e. The zero-order chi connectivity index (χ0) is 18.6. The highest BCUT2D eigenvalue weighted by atomic mass is 127. The molecule has 0 saturated carbocycles. The predicted molar refractivity (Wildman–Crippen MR) is 127 cm³/mol. The van der Waals surface area contributed by atoms with E-state index in [1.54, 1.807) is 0 Å². The first-order valence-corrected chi connectivity index (χ1v) is 10.2. The fraction of sp³-hybridized carbons (Fsp3) is 0.667. The van der Waals surface area contributed by atoms with Crippen molar-refractivity contribution in [1.29, 1.82) is 0 Å². The molecular formula is C21H38IN5. The van der Waals surface area contributed by atoms with Crippen LogP contribution < -0.4 is 10.6 Å². The van der Waals surface area contributed by atoms with E-state index in [9.17, 15) is 0 Å². The van der Waals surface area contributed by atoms with Crippen molar-refractivity contribution in [3.63, 3.8) is 0 Å². The summed E-state index contributed by atoms with van der Waals surface area (Å²) in [6.45, 7) is 13.6. The van der Waals surface area contributed by atoms with Crippen LogP contribution in [0.4, 0.5) is 0 Å². The molecule has 5 nitrogen and oxygen atoms in total. The Morgan fingerprint density at radius 3 is 2.26 bits per heavy atom. The Kier molecular flexibility index (Phi) is 12.7. The van der Waals surface area contributed by atoms with E-state index in [1.165, 1.54) is 63.2 Å². The van der Waals surface area contributed by atoms with Crippen LogP contribution in [0.25, 0.3) is 0 Å². The standard InChI is InChI=1S/C21H37N5.HI/c1-4-19-10-6-7-11-20(19)18-24-21(22-3)23-12-8-9-13-26-16-14-25(5-2)15-17-26;/h6-7,10-11H,4-5,8-9,12-18H2,1-3H3,(H2,22,23,24);1H. The number of hydrogen-bond acceptors (Lipinski definition) is 3. The number of piperazine rings is 1. The van der Waals surface area contributed by atoms with Crippen LogP contribution in [0.2, 0.25) is 0 Å². The zero-order valence-electron chi connectivity index (χ0n) is 17.3. The van der Waals surface area contributed by atoms with Gasteiger partial charge in [0.1, 0.15) is 0 Å². The number of hydrogen-bond donors (Lipinski definition) is 2. The van der Waals surface area contributed by atoms with Crippen molar-refractivity contribution in [2.75, 3.05) is 52.9 Å². The molecule has 1 heterocycles. The van der Waals surface area contributed by atoms with E-state index in [1.807, 2.05) is 7.05 Å². The molecule has 0 amide bonds. The van der Waals surface area contributed by atoms with Gasteiger partial charge in [-0.1, -0.05) is 38.1 Å². The smallest absolute Gasteiger partial charge is 0.191 e. The number of nitrogens with one attached hydrogen (secondary N) is 2. The Bertz CT molecular complexity index is 541. The fourth-order valence-electron chi connectivity index (χ4n) is 3.47. The lowest BCUT2D eigenvalue weighted by Gasteiger charge is -2.34. The second-order valence-electron chi connectivity index (χ2n) is 6.96. The number of aliphatic imine (C=N–C) groups is 1. The second-order valence-corrected chi connectivity index (χ2v) is 6.96. The molecule has 0 spiro atoms. The third-order valence-corrected chi connectivity index (χ3v) is 5.27. The predicted octanol–water partition coefficient (Wildman–Crippen LogP) is 2.95. The molecule has 1 saturated heterocycles. The summed E-state index contributed by atoms with van der Waals surface area (Å²) in [7, 11) is 1.84. The highest BCUT2D eigenvalue weighted by molar-refractivity contribution is 14.0. The SMILES string of the molecule is CCc1ccccc1CNC(=NC)NCCCCN1CCN(CC)CC1.I. The minimum Gasteiger partial charge on any atom is -0.356 e. The number of guanidine groups is 1. The van der Waals surface area contributed by atoms with Crippen LogP contribution in [0.3, 0.4) is 0 Å². The van der Waals surface area contributed by atoms with Gasteiger partial charge in [-0.15, -0.1) is 24.0 Å². The number of likely N-dealkylation sites (N-methyl/N-ethyl adjacent to an activating group) is 1. The van der Waals surface area contributed by atoms with Gasteiger partial charge in [0.15, 0.2) is 5.96 Å². The summed E-state index contributed by atoms with van der Waals surface area (Å²) < 4.78 is 0. The van der Waals surface area contributed by atoms with Crippen LogP contribution in [0.15, 0.2) is 29.3 Å². The van der Waals surface area contributed by atoms with Crippen LogP contribution in [0.5, 0.6) is 0 Å². The van der Waals surface area contributed by atoms with E-state index in [2.05, 4.69) is 63.5 Å². The normalized spacial score (nSPS) is 16.0. The number of aryl methyl sites for hydroxylation is 1. The Balaban J connectivity index is 0.00000364. The molecule has 154 valence electrons. The second kappa shape index (κ2) is 14.2. The van der Waals surface area contributed by atoms with Gasteiger partial charge in [0.25, 0.3) is 0 Å². The average molecular weight is 487 g/mol. The van der Waals surface area contributed by atoms with Crippen molar-refractivity contribution >= 4 is 29.9 Å². The van der Waals surface area contributed by atoms with E-state index >= 15 is 0 Å². The third-order valence-electron chi connectivity index (χ3n) is 5.27. The van der Waals surface area contributed by atoms with Crippen molar-refractivity contribution in [1.82, 2.24) is 20.4 Å². The van der Waals surface area contributed by atoms with Crippen LogP contribution in [-0.2, 0) is 13.0 Å². The summed E-state index contributed by atoms with van der Waals surface area (Å²) in [5, 5.41) is 6.88. The van der Waals surface area contributed by atoms with Gasteiger partial charge < -0.3 is 20.4 Å². The van der Waals surface area contributed by atoms with E-state index in [-0.39, 0.29) is 24.0 Å². The molecule has 1 fully saturated rings. The van der Waals surface area contributed by atoms with Crippen molar-refractivity contribution in [2.24, 2.45) is 4.99 Å². The molecule has 2 N–H and O–H groups in total. The molecule has 0 aliphatic carbocycles. The number of halogens is 1. The van der Waals surface area contributed by atoms with Crippen molar-refractivity contribution in [3.8, 4) is 0 Å². The zero-order valence-corrected chi connectivity index (χ0v) is 19.7. The first kappa shape index (κ1) is 24.2. The van der Waals surface area contributed by atoms with Crippen LogP contribution >= 0.6 is 24.0 Å². The maximum absolute atomic E-state index is 4.34. The minimum atomic E-state index is 0. The van der Waals surface area contributed by atoms with Crippen LogP contribution in [-0.4, -0.2) is 68.6 Å². The summed E-state index contributed by atoms with van der Waals surface area (Å²) in [6, 6.07) is 8.61. The van der Waals surface area contributed by atoms with E-state index < -0.39 is 0 Å². The first-order chi connectivity index (χ1) is 12.8. The van der Waals surface area contributed by atoms with E-state index in [0.717, 1.165) is 25.5 Å². The summed E-state index contributed by atoms with van der Waals surface area (Å²) in [4.78, 5) is 9.47. The number of unbranched alkanes of at least 4 members (excludes halogenated alkanes) is 1. The molecular weight excluding hydrogens is 449 g/mol. The van der Waals surface area contributed by atoms with Gasteiger partial charge >= 0.3 is 0 Å². The van der Waals surface area contributed by atoms with E-state index in [4.69, 9.17) is 0 Å². The van der Waals surface area contributed by atoms with Gasteiger partial charge in [0.05, 0.1) is 0 Å². The van der Waals surface area contributed by atoms with Gasteiger partial charge in [0.2, 0.25) is 0 Å². The van der Waals surface area contributed by atoms with E-state index in [0.29, 0.717) is 0 Å². The summed E-state index contributed by atoms with van der Waals surface area (Å²) in [6.07, 6.45) is 3.49. The van der Waals surface area contributed by atoms with Gasteiger partial charge in [-0.05, 0) is 43.5 Å². The Morgan fingerprint density at radius 2 is 1.63 bits per heavy atom. The van der Waals surface area contributed by atoms with Gasteiger partial charge in [-0.25, -0.2) is 0 Å². The molecule has 27 heavy (non-hydrogen) atoms. The van der Waals surface area contributed by atoms with Crippen molar-refractivity contribution in [3.05, 3.63) is 35.4 Å². The average Bonchev–Trinajstić information content (AvgIpc) is 2.70. The van der Waals surface area contributed by atoms with Gasteiger partial charge in [-0.3, -0.25) is 4.99 Å². The number of benzene rings is 1. The topological polar surface area (TPSA) is 42.9 Å². The minimum absolute atomic E-state index is 0. The summed E-state index contributed by atoms with van der Waals surface area (Å²) in [5.74, 6) is 0.896. The molecule has 2 rings (SSSR count). The summed E-state index contributed by atoms with van der Waals surface area (Å²) in [5.41, 5.74) is 2.75. The number of rotatable bonds is 9. The van der Waals surface area contributed by atoms with Crippen LogP contribution in [0.1, 0.15) is 37.8 Å². The Hall–Kier alpha value is -0.860. The maximum Gasteiger partial charge on any atom is 0.191 e. The fourth-order valence-corrected chi connectivity index (χ4v) is 3.47. The maximum atomic E-state index is 4.34. The third kappa shape index (κ3) is 8.79. The molecule has 1 aromatic carbocycles. The number of nitrogens with zero attached hydrogens (tertiary/aromatic N) is 3. The molecule has 0 bridgehead atoms. The molecule has 1 aliphatic heterocycles. The molecule has 6 heteroatoms. The molecule has 1 aromatic rings. The Labute approximate surface area is 183 Å². The lowest BCUT2D eigenvalue weighted by atomic mass is 10.1. The first-order valence-electron chi connectivity index (χ1n) is 10.2. The molecule has 1 aliphatic rings. The van der Waals surface area contributed by atoms with Crippen molar-refractivity contribution < 1.29 is 0 Å². The lowest BCUT2D eigenvalue weighted by Crippen LogP contribution is -2.46. The molecule has 0 atom stereocenters. The molecule has 0 radical (unpaired) electrons. The molecule has 0 unspecified atom stereocenters. The quantitative estimate of drug-likeness (QED) is 0.243. The highest BCUT2D eigenvalue weighted by Gasteiger charge is 2.14. The summed E-state index contributed by atoms with van der Waals surface area (Å²) >= 11 is 0. The van der Waals surface area contributed by atoms with Crippen molar-refractivity contribution in [2.45, 2.75) is 39.7 Å². The van der Waals surface area contributed by atoms with Gasteiger partial charge in [0, 0.05) is 46.3 Å². The van der Waals surface area contributed by atoms with Gasteiger partial charge in [-0.2, -0.15) is 0 Å². The molecule has 0 aromatic heterocycles. The highest BCUT2D eigenvalue weighted by Crippen LogP contribution is 2.08. The lowest BCUT2D eigenvalue weighted by molar-refractivity contribution is 0.136.